The number of thioether (sulfide) groups is 1. The summed E-state index contributed by atoms with van der Waals surface area (Å²) in [6, 6.07) is 7.57. The molecule has 11 heteroatoms. The van der Waals surface area contributed by atoms with Gasteiger partial charge in [0.05, 0.1) is 22.4 Å². The molecule has 0 amide bonds. The van der Waals surface area contributed by atoms with Crippen LogP contribution in [0.4, 0.5) is 13.2 Å². The predicted octanol–water partition coefficient (Wildman–Crippen LogP) is 6.63. The molecule has 224 valence electrons. The Kier molecular flexibility index (Phi) is 6.65. The molecule has 0 bridgehead atoms. The van der Waals surface area contributed by atoms with E-state index in [0.29, 0.717) is 17.2 Å². The molecule has 1 aliphatic heterocycles. The zero-order chi connectivity index (χ0) is 29.7. The molecule has 3 saturated carbocycles. The van der Waals surface area contributed by atoms with Gasteiger partial charge in [0.15, 0.2) is 22.0 Å². The Morgan fingerprint density at radius 1 is 1.26 bits per heavy atom. The highest BCUT2D eigenvalue weighted by atomic mass is 32.2. The van der Waals surface area contributed by atoms with E-state index in [1.807, 2.05) is 37.3 Å². The lowest BCUT2D eigenvalue weighted by Gasteiger charge is -2.59. The number of nitrogens with zero attached hydrogens (tertiary/aromatic N) is 1. The molecule has 1 N–H and O–H groups in total. The molecule has 7 unspecified atom stereocenters. The minimum absolute atomic E-state index is 0.0160. The first-order chi connectivity index (χ1) is 19.8. The van der Waals surface area contributed by atoms with Crippen molar-refractivity contribution in [1.29, 1.82) is 0 Å². The summed E-state index contributed by atoms with van der Waals surface area (Å²) in [7, 11) is 0. The van der Waals surface area contributed by atoms with Crippen LogP contribution >= 0.6 is 23.1 Å². The molecule has 0 radical (unpaired) electrons. The summed E-state index contributed by atoms with van der Waals surface area (Å²) in [5, 5.41) is 11.5. The van der Waals surface area contributed by atoms with E-state index in [0.717, 1.165) is 34.0 Å². The SMILES string of the molecule is CC12C=CC(=O)C=C1CCC1C2C(O)CC2(C)C1C[C@H]1OC(CCC(F)(F)F)O[C@]12C(=O)Sc1nc2ccccc2s1. The summed E-state index contributed by atoms with van der Waals surface area (Å²) >= 11 is 2.35. The Balaban J connectivity index is 1.25. The normalized spacial score (nSPS) is 40.8. The molecule has 4 fully saturated rings. The van der Waals surface area contributed by atoms with E-state index in [1.54, 1.807) is 12.2 Å². The third-order valence-electron chi connectivity index (χ3n) is 10.7. The Hall–Kier alpha value is -2.05. The number of allylic oxidation sites excluding steroid dienone is 4. The summed E-state index contributed by atoms with van der Waals surface area (Å²) in [6.45, 7) is 4.03. The zero-order valence-corrected chi connectivity index (χ0v) is 24.9. The molecule has 5 aliphatic rings. The van der Waals surface area contributed by atoms with Gasteiger partial charge in [0.1, 0.15) is 0 Å². The first kappa shape index (κ1) is 28.7. The second-order valence-electron chi connectivity index (χ2n) is 12.8. The number of para-hydroxylation sites is 1. The van der Waals surface area contributed by atoms with Gasteiger partial charge in [-0.05, 0) is 73.6 Å². The largest absolute Gasteiger partial charge is 0.393 e. The molecule has 7 rings (SSSR count). The molecular weight excluding hydrogens is 587 g/mol. The molecule has 2 aromatic rings. The number of alkyl halides is 3. The van der Waals surface area contributed by atoms with Crippen molar-refractivity contribution in [3.05, 3.63) is 48.1 Å². The van der Waals surface area contributed by atoms with Gasteiger partial charge in [0.2, 0.25) is 5.12 Å². The third kappa shape index (κ3) is 4.21. The average Bonchev–Trinajstić information content (AvgIpc) is 3.57. The van der Waals surface area contributed by atoms with Gasteiger partial charge in [0, 0.05) is 29.6 Å². The second-order valence-corrected chi connectivity index (χ2v) is 15.1. The maximum atomic E-state index is 14.5. The molecule has 1 aromatic carbocycles. The number of hydrogen-bond donors (Lipinski definition) is 1. The number of aliphatic hydroxyl groups excluding tert-OH is 1. The van der Waals surface area contributed by atoms with Crippen LogP contribution in [0, 0.1) is 28.6 Å². The molecule has 42 heavy (non-hydrogen) atoms. The average molecular weight is 620 g/mol. The highest BCUT2D eigenvalue weighted by molar-refractivity contribution is 8.15. The van der Waals surface area contributed by atoms with Gasteiger partial charge in [0.25, 0.3) is 0 Å². The van der Waals surface area contributed by atoms with Crippen molar-refractivity contribution in [2.24, 2.45) is 28.6 Å². The molecule has 0 spiro atoms. The molecular formula is C31H32F3NO5S2. The van der Waals surface area contributed by atoms with E-state index >= 15 is 0 Å². The van der Waals surface area contributed by atoms with Crippen LogP contribution in [0.5, 0.6) is 0 Å². The van der Waals surface area contributed by atoms with E-state index in [4.69, 9.17) is 9.47 Å². The maximum absolute atomic E-state index is 14.5. The minimum Gasteiger partial charge on any atom is -0.393 e. The standard InChI is InChI=1S/C31H32F3NO5S2/c1-28-11-9-17(36)13-16(28)7-8-18-19-14-23-31(29(19,2)15-21(37)25(18)28,40-24(39-23)10-12-30(32,33)34)26(38)42-27-35-20-5-3-4-6-22(20)41-27/h3-6,9,11,13,18-19,21,23-25,37H,7-8,10,12,14-15H2,1-2H3/t18?,19?,21?,23-,24?,25?,28?,29?,31+/m1/s1. The summed E-state index contributed by atoms with van der Waals surface area (Å²) in [6.07, 6.45) is -1.25. The number of benzene rings is 1. The van der Waals surface area contributed by atoms with E-state index in [2.05, 4.69) is 11.9 Å². The van der Waals surface area contributed by atoms with Crippen LogP contribution in [0.1, 0.15) is 52.4 Å². The first-order valence-electron chi connectivity index (χ1n) is 14.4. The summed E-state index contributed by atoms with van der Waals surface area (Å²) in [5.74, 6) is -0.260. The van der Waals surface area contributed by atoms with Crippen molar-refractivity contribution in [2.45, 2.75) is 87.0 Å². The predicted molar refractivity (Wildman–Crippen MR) is 152 cm³/mol. The molecule has 9 atom stereocenters. The monoisotopic (exact) mass is 619 g/mol. The maximum Gasteiger partial charge on any atom is 0.389 e. The van der Waals surface area contributed by atoms with Crippen molar-refractivity contribution < 1.29 is 37.3 Å². The van der Waals surface area contributed by atoms with Crippen molar-refractivity contribution in [3.8, 4) is 0 Å². The topological polar surface area (TPSA) is 85.7 Å². The van der Waals surface area contributed by atoms with Crippen LogP contribution in [-0.4, -0.2) is 51.3 Å². The van der Waals surface area contributed by atoms with Gasteiger partial charge in [-0.2, -0.15) is 13.2 Å². The van der Waals surface area contributed by atoms with Crippen LogP contribution in [0.2, 0.25) is 0 Å². The minimum atomic E-state index is -4.38. The van der Waals surface area contributed by atoms with Gasteiger partial charge in [-0.15, -0.1) is 11.3 Å². The number of ether oxygens (including phenoxy) is 2. The quantitative estimate of drug-likeness (QED) is 0.385. The number of carbonyl (C=O) groups is 2. The fourth-order valence-corrected chi connectivity index (χ4v) is 11.2. The summed E-state index contributed by atoms with van der Waals surface area (Å²) in [4.78, 5) is 31.2. The number of aliphatic hydroxyl groups is 1. The van der Waals surface area contributed by atoms with E-state index in [-0.39, 0.29) is 35.1 Å². The van der Waals surface area contributed by atoms with Crippen molar-refractivity contribution in [2.75, 3.05) is 0 Å². The van der Waals surface area contributed by atoms with Gasteiger partial charge < -0.3 is 14.6 Å². The fraction of sp³-hybridized carbons (Fsp3) is 0.581. The van der Waals surface area contributed by atoms with Gasteiger partial charge in [-0.1, -0.05) is 37.6 Å². The van der Waals surface area contributed by atoms with E-state index < -0.39 is 53.9 Å². The lowest BCUT2D eigenvalue weighted by molar-refractivity contribution is -0.201. The van der Waals surface area contributed by atoms with Crippen LogP contribution in [0.25, 0.3) is 10.2 Å². The highest BCUT2D eigenvalue weighted by Gasteiger charge is 2.76. The van der Waals surface area contributed by atoms with Gasteiger partial charge >= 0.3 is 6.18 Å². The van der Waals surface area contributed by atoms with Crippen molar-refractivity contribution in [3.63, 3.8) is 0 Å². The Morgan fingerprint density at radius 2 is 2.05 bits per heavy atom. The van der Waals surface area contributed by atoms with E-state index in [1.165, 1.54) is 11.3 Å². The Morgan fingerprint density at radius 3 is 2.81 bits per heavy atom. The van der Waals surface area contributed by atoms with Crippen LogP contribution in [0.15, 0.2) is 52.4 Å². The fourth-order valence-electron chi connectivity index (χ4n) is 8.95. The smallest absolute Gasteiger partial charge is 0.389 e. The molecule has 6 nitrogen and oxygen atoms in total. The number of carbonyl (C=O) groups excluding carboxylic acids is 2. The van der Waals surface area contributed by atoms with Gasteiger partial charge in [-0.25, -0.2) is 4.98 Å². The Labute approximate surface area is 249 Å². The summed E-state index contributed by atoms with van der Waals surface area (Å²) < 4.78 is 53.6. The summed E-state index contributed by atoms with van der Waals surface area (Å²) in [5.41, 5.74) is -1.11. The number of aromatic nitrogens is 1. The molecule has 1 aromatic heterocycles. The lowest BCUT2D eigenvalue weighted by atomic mass is 9.46. The molecule has 4 aliphatic carbocycles. The first-order valence-corrected chi connectivity index (χ1v) is 16.1. The van der Waals surface area contributed by atoms with Gasteiger partial charge in [-0.3, -0.25) is 9.59 Å². The van der Waals surface area contributed by atoms with E-state index in [9.17, 15) is 27.9 Å². The zero-order valence-electron chi connectivity index (χ0n) is 23.2. The van der Waals surface area contributed by atoms with Crippen molar-refractivity contribution in [1.82, 2.24) is 4.98 Å². The highest BCUT2D eigenvalue weighted by Crippen LogP contribution is 2.70. The number of rotatable bonds is 4. The second kappa shape index (κ2) is 9.72. The third-order valence-corrected chi connectivity index (χ3v) is 12.8. The van der Waals surface area contributed by atoms with Crippen LogP contribution in [0.3, 0.4) is 0 Å². The van der Waals surface area contributed by atoms with Crippen molar-refractivity contribution >= 4 is 44.2 Å². The molecule has 2 heterocycles. The number of halogens is 3. The number of ketones is 1. The van der Waals surface area contributed by atoms with Crippen LogP contribution < -0.4 is 0 Å². The molecule has 1 saturated heterocycles. The number of fused-ring (bicyclic) bond motifs is 8. The van der Waals surface area contributed by atoms with Crippen LogP contribution in [-0.2, 0) is 19.1 Å². The lowest BCUT2D eigenvalue weighted by Crippen LogP contribution is -2.62. The number of thiazole rings is 1. The number of hydrogen-bond acceptors (Lipinski definition) is 8. The Bertz CT molecular complexity index is 1490.